The minimum absolute atomic E-state index is 0.240. The van der Waals surface area contributed by atoms with Gasteiger partial charge in [-0.25, -0.2) is 14.8 Å². The molecule has 1 unspecified atom stereocenters. The molecule has 0 saturated carbocycles. The molecular formula is C17H23ClN4O2. The predicted octanol–water partition coefficient (Wildman–Crippen LogP) is 3.43. The molecule has 1 aliphatic rings. The first-order chi connectivity index (χ1) is 11.4. The van der Waals surface area contributed by atoms with Crippen LogP contribution in [-0.2, 0) is 17.2 Å². The number of alkyl halides is 1. The SMILES string of the molecule is CC(C)(C)OC(=O)N1CCC(Cn2c(CCl)nc3cccnc32)C1. The summed E-state index contributed by atoms with van der Waals surface area (Å²) in [5.74, 6) is 1.51. The molecule has 1 saturated heterocycles. The van der Waals surface area contributed by atoms with E-state index in [0.29, 0.717) is 18.3 Å². The summed E-state index contributed by atoms with van der Waals surface area (Å²) in [4.78, 5) is 22.9. The number of aromatic nitrogens is 3. The lowest BCUT2D eigenvalue weighted by Gasteiger charge is -2.24. The van der Waals surface area contributed by atoms with Crippen LogP contribution >= 0.6 is 11.6 Å². The van der Waals surface area contributed by atoms with Gasteiger partial charge in [0.1, 0.15) is 16.9 Å². The van der Waals surface area contributed by atoms with Gasteiger partial charge in [-0.2, -0.15) is 0 Å². The molecule has 0 spiro atoms. The Morgan fingerprint density at radius 1 is 1.46 bits per heavy atom. The highest BCUT2D eigenvalue weighted by Gasteiger charge is 2.30. The smallest absolute Gasteiger partial charge is 0.410 e. The first-order valence-electron chi connectivity index (χ1n) is 8.21. The van der Waals surface area contributed by atoms with Crippen LogP contribution in [-0.4, -0.2) is 44.2 Å². The highest BCUT2D eigenvalue weighted by molar-refractivity contribution is 6.16. The zero-order chi connectivity index (χ0) is 17.3. The Bertz CT molecular complexity index is 738. The van der Waals surface area contributed by atoms with Gasteiger partial charge in [0.05, 0.1) is 5.88 Å². The molecular weight excluding hydrogens is 328 g/mol. The quantitative estimate of drug-likeness (QED) is 0.796. The molecule has 0 radical (unpaired) electrons. The third-order valence-corrected chi connectivity index (χ3v) is 4.32. The highest BCUT2D eigenvalue weighted by Crippen LogP contribution is 2.24. The Morgan fingerprint density at radius 2 is 2.25 bits per heavy atom. The van der Waals surface area contributed by atoms with Crippen LogP contribution in [0.15, 0.2) is 18.3 Å². The van der Waals surface area contributed by atoms with E-state index < -0.39 is 5.60 Å². The van der Waals surface area contributed by atoms with Crippen molar-refractivity contribution in [2.24, 2.45) is 5.92 Å². The maximum atomic E-state index is 12.2. The normalized spacial score (nSPS) is 18.3. The molecule has 7 heteroatoms. The Labute approximate surface area is 146 Å². The van der Waals surface area contributed by atoms with Gasteiger partial charge in [0.2, 0.25) is 0 Å². The van der Waals surface area contributed by atoms with Gasteiger partial charge in [-0.3, -0.25) is 0 Å². The number of carbonyl (C=O) groups is 1. The number of hydrogen-bond acceptors (Lipinski definition) is 4. The lowest BCUT2D eigenvalue weighted by molar-refractivity contribution is 0.0287. The van der Waals surface area contributed by atoms with Crippen LogP contribution in [0.1, 0.15) is 33.0 Å². The minimum Gasteiger partial charge on any atom is -0.444 e. The maximum absolute atomic E-state index is 12.2. The Balaban J connectivity index is 1.71. The van der Waals surface area contributed by atoms with E-state index in [-0.39, 0.29) is 6.09 Å². The van der Waals surface area contributed by atoms with E-state index in [1.54, 1.807) is 11.1 Å². The number of pyridine rings is 1. The maximum Gasteiger partial charge on any atom is 0.410 e. The number of nitrogens with zero attached hydrogens (tertiary/aromatic N) is 4. The van der Waals surface area contributed by atoms with E-state index in [1.807, 2.05) is 32.9 Å². The first kappa shape index (κ1) is 17.0. The zero-order valence-corrected chi connectivity index (χ0v) is 15.1. The lowest BCUT2D eigenvalue weighted by atomic mass is 10.1. The van der Waals surface area contributed by atoms with Gasteiger partial charge in [0.15, 0.2) is 5.65 Å². The van der Waals surface area contributed by atoms with Crippen LogP contribution in [0.25, 0.3) is 11.2 Å². The number of imidazole rings is 1. The number of halogens is 1. The lowest BCUT2D eigenvalue weighted by Crippen LogP contribution is -2.35. The van der Waals surface area contributed by atoms with Crippen LogP contribution in [0, 0.1) is 5.92 Å². The highest BCUT2D eigenvalue weighted by atomic mass is 35.5. The van der Waals surface area contributed by atoms with Crippen LogP contribution in [0.2, 0.25) is 0 Å². The second-order valence-electron chi connectivity index (χ2n) is 7.20. The van der Waals surface area contributed by atoms with Gasteiger partial charge in [0, 0.05) is 25.8 Å². The van der Waals surface area contributed by atoms with Crippen molar-refractivity contribution in [3.8, 4) is 0 Å². The number of hydrogen-bond donors (Lipinski definition) is 0. The summed E-state index contributed by atoms with van der Waals surface area (Å²) in [6.07, 6.45) is 2.46. The van der Waals surface area contributed by atoms with Crippen LogP contribution < -0.4 is 0 Å². The third kappa shape index (κ3) is 3.64. The van der Waals surface area contributed by atoms with Gasteiger partial charge >= 0.3 is 6.09 Å². The van der Waals surface area contributed by atoms with E-state index in [1.165, 1.54) is 0 Å². The molecule has 0 aromatic carbocycles. The summed E-state index contributed by atoms with van der Waals surface area (Å²) >= 11 is 6.05. The van der Waals surface area contributed by atoms with Crippen molar-refractivity contribution in [1.29, 1.82) is 0 Å². The molecule has 1 aliphatic heterocycles. The number of carbonyl (C=O) groups excluding carboxylic acids is 1. The predicted molar refractivity (Wildman–Crippen MR) is 93.0 cm³/mol. The minimum atomic E-state index is -0.467. The molecule has 6 nitrogen and oxygen atoms in total. The zero-order valence-electron chi connectivity index (χ0n) is 14.3. The summed E-state index contributed by atoms with van der Waals surface area (Å²) < 4.78 is 7.53. The molecule has 0 bridgehead atoms. The fourth-order valence-corrected chi connectivity index (χ4v) is 3.24. The molecule has 1 fully saturated rings. The summed E-state index contributed by atoms with van der Waals surface area (Å²) in [5, 5.41) is 0. The van der Waals surface area contributed by atoms with Crippen molar-refractivity contribution in [3.63, 3.8) is 0 Å². The van der Waals surface area contributed by atoms with Crippen molar-refractivity contribution in [2.75, 3.05) is 13.1 Å². The van der Waals surface area contributed by atoms with E-state index in [0.717, 1.165) is 36.5 Å². The average molecular weight is 351 g/mol. The van der Waals surface area contributed by atoms with E-state index in [2.05, 4.69) is 14.5 Å². The monoisotopic (exact) mass is 350 g/mol. The molecule has 130 valence electrons. The molecule has 0 N–H and O–H groups in total. The number of likely N-dealkylation sites (tertiary alicyclic amines) is 1. The van der Waals surface area contributed by atoms with E-state index in [4.69, 9.17) is 16.3 Å². The van der Waals surface area contributed by atoms with Gasteiger partial charge in [-0.1, -0.05) is 0 Å². The Hall–Kier alpha value is -1.82. The summed E-state index contributed by atoms with van der Waals surface area (Å²) in [6, 6.07) is 3.81. The van der Waals surface area contributed by atoms with Crippen molar-refractivity contribution >= 4 is 28.9 Å². The van der Waals surface area contributed by atoms with Gasteiger partial charge < -0.3 is 14.2 Å². The number of ether oxygens (including phenoxy) is 1. The first-order valence-corrected chi connectivity index (χ1v) is 8.75. The second kappa shape index (κ2) is 6.59. The summed E-state index contributed by atoms with van der Waals surface area (Å²) in [6.45, 7) is 7.81. The fraction of sp³-hybridized carbons (Fsp3) is 0.588. The molecule has 2 aromatic rings. The fourth-order valence-electron chi connectivity index (χ4n) is 3.03. The van der Waals surface area contributed by atoms with Crippen molar-refractivity contribution in [2.45, 2.75) is 45.2 Å². The molecule has 2 aromatic heterocycles. The topological polar surface area (TPSA) is 60.2 Å². The molecule has 0 aliphatic carbocycles. The standard InChI is InChI=1S/C17H23ClN4O2/c1-17(2,3)24-16(23)21-8-6-12(10-21)11-22-14(9-18)20-13-5-4-7-19-15(13)22/h4-5,7,12H,6,8-11H2,1-3H3. The molecule has 24 heavy (non-hydrogen) atoms. The summed E-state index contributed by atoms with van der Waals surface area (Å²) in [5.41, 5.74) is 1.24. The molecule has 3 rings (SSSR count). The number of rotatable bonds is 3. The van der Waals surface area contributed by atoms with Gasteiger partial charge in [0.25, 0.3) is 0 Å². The van der Waals surface area contributed by atoms with Gasteiger partial charge in [-0.05, 0) is 45.2 Å². The molecule has 1 atom stereocenters. The van der Waals surface area contributed by atoms with E-state index >= 15 is 0 Å². The average Bonchev–Trinajstić information content (AvgIpc) is 3.11. The molecule has 3 heterocycles. The molecule has 1 amide bonds. The largest absolute Gasteiger partial charge is 0.444 e. The van der Waals surface area contributed by atoms with Gasteiger partial charge in [-0.15, -0.1) is 11.6 Å². The van der Waals surface area contributed by atoms with Crippen LogP contribution in [0.5, 0.6) is 0 Å². The van der Waals surface area contributed by atoms with Crippen molar-refractivity contribution in [1.82, 2.24) is 19.4 Å². The number of amides is 1. The Kier molecular flexibility index (Phi) is 4.67. The second-order valence-corrected chi connectivity index (χ2v) is 7.47. The van der Waals surface area contributed by atoms with Crippen LogP contribution in [0.4, 0.5) is 4.79 Å². The van der Waals surface area contributed by atoms with Crippen LogP contribution in [0.3, 0.4) is 0 Å². The summed E-state index contributed by atoms with van der Waals surface area (Å²) in [7, 11) is 0. The van der Waals surface area contributed by atoms with Crippen molar-refractivity contribution < 1.29 is 9.53 Å². The third-order valence-electron chi connectivity index (χ3n) is 4.08. The number of fused-ring (bicyclic) bond motifs is 1. The Morgan fingerprint density at radius 3 is 2.96 bits per heavy atom. The van der Waals surface area contributed by atoms with Crippen molar-refractivity contribution in [3.05, 3.63) is 24.2 Å². The van der Waals surface area contributed by atoms with E-state index in [9.17, 15) is 4.79 Å².